The molecule has 0 saturated carbocycles. The Morgan fingerprint density at radius 1 is 1.40 bits per heavy atom. The van der Waals surface area contributed by atoms with Crippen molar-refractivity contribution in [2.75, 3.05) is 11.5 Å². The largest absolute Gasteiger partial charge is 0.382 e. The summed E-state index contributed by atoms with van der Waals surface area (Å²) >= 11 is 0. The predicted octanol–water partition coefficient (Wildman–Crippen LogP) is 1.77. The van der Waals surface area contributed by atoms with Gasteiger partial charge in [-0.1, -0.05) is 0 Å². The molecular weight excluding hydrogens is 264 g/mol. The van der Waals surface area contributed by atoms with Crippen LogP contribution in [0.25, 0.3) is 0 Å². The Labute approximate surface area is 111 Å². The third kappa shape index (κ3) is 2.36. The molecule has 2 rings (SSSR count). The van der Waals surface area contributed by atoms with E-state index in [4.69, 9.17) is 16.7 Å². The van der Waals surface area contributed by atoms with Gasteiger partial charge < -0.3 is 11.5 Å². The summed E-state index contributed by atoms with van der Waals surface area (Å²) in [6, 6.07) is 5.45. The van der Waals surface area contributed by atoms with E-state index in [1.165, 1.54) is 12.1 Å². The molecule has 0 spiro atoms. The average molecular weight is 272 g/mol. The molecule has 1 aromatic carbocycles. The number of azo groups is 1. The van der Waals surface area contributed by atoms with E-state index in [1.807, 2.05) is 0 Å². The monoisotopic (exact) mass is 272 g/mol. The maximum atomic E-state index is 10.6. The molecule has 5 N–H and O–H groups in total. The second-order valence-corrected chi connectivity index (χ2v) is 3.64. The number of hydrogen-bond acceptors (Lipinski definition) is 8. The van der Waals surface area contributed by atoms with Crippen LogP contribution < -0.4 is 11.5 Å². The van der Waals surface area contributed by atoms with Crippen LogP contribution in [0.1, 0.15) is 5.56 Å². The van der Waals surface area contributed by atoms with Gasteiger partial charge in [0.25, 0.3) is 5.69 Å². The van der Waals surface area contributed by atoms with E-state index in [2.05, 4.69) is 20.4 Å². The van der Waals surface area contributed by atoms with E-state index < -0.39 is 4.92 Å². The fraction of sp³-hybridized carbons (Fsp3) is 0. The number of nitrogen functional groups attached to an aromatic ring is 2. The Hall–Kier alpha value is -3.48. The van der Waals surface area contributed by atoms with Crippen molar-refractivity contribution in [2.24, 2.45) is 10.2 Å². The van der Waals surface area contributed by atoms with Crippen molar-refractivity contribution in [3.05, 3.63) is 33.9 Å². The molecule has 0 bridgehead atoms. The van der Waals surface area contributed by atoms with Crippen LogP contribution in [-0.4, -0.2) is 15.1 Å². The number of rotatable bonds is 3. The highest BCUT2D eigenvalue weighted by molar-refractivity contribution is 5.70. The zero-order chi connectivity index (χ0) is 14.7. The van der Waals surface area contributed by atoms with Gasteiger partial charge in [-0.25, -0.2) is 0 Å². The van der Waals surface area contributed by atoms with Crippen molar-refractivity contribution in [2.45, 2.75) is 0 Å². The molecule has 10 heteroatoms. The zero-order valence-electron chi connectivity index (χ0n) is 9.94. The van der Waals surface area contributed by atoms with E-state index in [0.717, 1.165) is 6.07 Å². The summed E-state index contributed by atoms with van der Waals surface area (Å²) in [6.45, 7) is 0. The highest BCUT2D eigenvalue weighted by Crippen LogP contribution is 2.30. The van der Waals surface area contributed by atoms with Crippen molar-refractivity contribution in [3.63, 3.8) is 0 Å². The SMILES string of the molecule is N#Cc1cc([N+](=O)[O-])ccc1N=Nc1c(N)n[nH]c1N. The highest BCUT2D eigenvalue weighted by Gasteiger charge is 2.11. The number of benzene rings is 1. The van der Waals surface area contributed by atoms with E-state index in [0.29, 0.717) is 0 Å². The summed E-state index contributed by atoms with van der Waals surface area (Å²) in [5, 5.41) is 33.2. The molecule has 10 nitrogen and oxygen atoms in total. The number of nitro benzene ring substituents is 1. The van der Waals surface area contributed by atoms with Crippen molar-refractivity contribution < 1.29 is 4.92 Å². The maximum absolute atomic E-state index is 10.6. The van der Waals surface area contributed by atoms with Crippen LogP contribution in [0.15, 0.2) is 28.4 Å². The van der Waals surface area contributed by atoms with Gasteiger partial charge in [0.1, 0.15) is 17.6 Å². The van der Waals surface area contributed by atoms with Crippen molar-refractivity contribution in [1.29, 1.82) is 5.26 Å². The molecule has 1 heterocycles. The normalized spacial score (nSPS) is 10.6. The topological polar surface area (TPSA) is 172 Å². The molecule has 0 unspecified atom stereocenters. The number of nitrogens with two attached hydrogens (primary N) is 2. The van der Waals surface area contributed by atoms with Crippen molar-refractivity contribution >= 4 is 28.7 Å². The molecule has 0 saturated heterocycles. The fourth-order valence-corrected chi connectivity index (χ4v) is 1.39. The number of nitrogens with one attached hydrogen (secondary N) is 1. The van der Waals surface area contributed by atoms with Crippen LogP contribution in [0.4, 0.5) is 28.7 Å². The average Bonchev–Trinajstić information content (AvgIpc) is 2.75. The summed E-state index contributed by atoms with van der Waals surface area (Å²) in [7, 11) is 0. The minimum Gasteiger partial charge on any atom is -0.382 e. The van der Waals surface area contributed by atoms with Gasteiger partial charge in [0.15, 0.2) is 11.5 Å². The summed E-state index contributed by atoms with van der Waals surface area (Å²) < 4.78 is 0. The Morgan fingerprint density at radius 3 is 2.70 bits per heavy atom. The molecule has 1 aromatic heterocycles. The van der Waals surface area contributed by atoms with E-state index in [1.54, 1.807) is 6.07 Å². The fourth-order valence-electron chi connectivity index (χ4n) is 1.39. The van der Waals surface area contributed by atoms with Gasteiger partial charge in [-0.2, -0.15) is 10.4 Å². The smallest absolute Gasteiger partial charge is 0.270 e. The Morgan fingerprint density at radius 2 is 2.15 bits per heavy atom. The van der Waals surface area contributed by atoms with Crippen molar-refractivity contribution in [1.82, 2.24) is 10.2 Å². The number of non-ortho nitro benzene ring substituents is 1. The minimum atomic E-state index is -0.603. The molecule has 0 aliphatic rings. The number of aromatic nitrogens is 2. The van der Waals surface area contributed by atoms with Gasteiger partial charge in [0.05, 0.1) is 10.5 Å². The van der Waals surface area contributed by atoms with Crippen LogP contribution in [0.2, 0.25) is 0 Å². The number of aromatic amines is 1. The number of nitrogens with zero attached hydrogens (tertiary/aromatic N) is 5. The molecule has 0 aliphatic carbocycles. The standard InChI is InChI=1S/C10H8N8O2/c11-4-5-3-6(18(19)20)1-2-7(5)14-15-8-9(12)16-17-10(8)13/h1-3H,(H5,12,13,16,17). The van der Waals surface area contributed by atoms with Gasteiger partial charge in [-0.05, 0) is 6.07 Å². The Kier molecular flexibility index (Phi) is 3.26. The van der Waals surface area contributed by atoms with Crippen LogP contribution in [-0.2, 0) is 0 Å². The zero-order valence-corrected chi connectivity index (χ0v) is 9.94. The maximum Gasteiger partial charge on any atom is 0.270 e. The number of hydrogen-bond donors (Lipinski definition) is 3. The molecule has 0 aliphatic heterocycles. The predicted molar refractivity (Wildman–Crippen MR) is 69.4 cm³/mol. The molecule has 0 atom stereocenters. The summed E-state index contributed by atoms with van der Waals surface area (Å²) in [4.78, 5) is 10.0. The van der Waals surface area contributed by atoms with E-state index in [9.17, 15) is 10.1 Å². The first-order valence-corrected chi connectivity index (χ1v) is 5.22. The molecule has 0 radical (unpaired) electrons. The van der Waals surface area contributed by atoms with Crippen LogP contribution in [0, 0.1) is 21.4 Å². The molecular formula is C10H8N8O2. The number of nitriles is 1. The molecule has 2 aromatic rings. The lowest BCUT2D eigenvalue weighted by molar-refractivity contribution is -0.384. The second-order valence-electron chi connectivity index (χ2n) is 3.64. The summed E-state index contributed by atoms with van der Waals surface area (Å²) in [5.41, 5.74) is 11.2. The summed E-state index contributed by atoms with van der Waals surface area (Å²) in [6.07, 6.45) is 0. The third-order valence-electron chi connectivity index (χ3n) is 2.36. The quantitative estimate of drug-likeness (QED) is 0.436. The lowest BCUT2D eigenvalue weighted by Crippen LogP contribution is -1.88. The first-order chi connectivity index (χ1) is 9.52. The number of H-pyrrole nitrogens is 1. The van der Waals surface area contributed by atoms with Crippen LogP contribution >= 0.6 is 0 Å². The lowest BCUT2D eigenvalue weighted by Gasteiger charge is -1.97. The third-order valence-corrected chi connectivity index (χ3v) is 2.36. The summed E-state index contributed by atoms with van der Waals surface area (Å²) in [5.74, 6) is 0.193. The first-order valence-electron chi connectivity index (χ1n) is 5.22. The van der Waals surface area contributed by atoms with Gasteiger partial charge in [-0.3, -0.25) is 15.2 Å². The minimum absolute atomic E-state index is 0.0172. The van der Waals surface area contributed by atoms with E-state index in [-0.39, 0.29) is 34.3 Å². The van der Waals surface area contributed by atoms with Gasteiger partial charge in [0.2, 0.25) is 0 Å². The Balaban J connectivity index is 2.40. The van der Waals surface area contributed by atoms with E-state index >= 15 is 0 Å². The Bertz CT molecular complexity index is 723. The number of nitro groups is 1. The van der Waals surface area contributed by atoms with Gasteiger partial charge in [-0.15, -0.1) is 10.2 Å². The van der Waals surface area contributed by atoms with Crippen LogP contribution in [0.5, 0.6) is 0 Å². The second kappa shape index (κ2) is 5.02. The molecule has 0 fully saturated rings. The molecule has 100 valence electrons. The van der Waals surface area contributed by atoms with Gasteiger partial charge >= 0.3 is 0 Å². The van der Waals surface area contributed by atoms with Crippen LogP contribution in [0.3, 0.4) is 0 Å². The highest BCUT2D eigenvalue weighted by atomic mass is 16.6. The molecule has 20 heavy (non-hydrogen) atoms. The molecule has 0 amide bonds. The van der Waals surface area contributed by atoms with Crippen molar-refractivity contribution in [3.8, 4) is 6.07 Å². The van der Waals surface area contributed by atoms with Gasteiger partial charge in [0, 0.05) is 12.1 Å². The lowest BCUT2D eigenvalue weighted by atomic mass is 10.2. The number of anilines is 2. The first kappa shape index (κ1) is 13.0.